The second-order valence-corrected chi connectivity index (χ2v) is 6.04. The van der Waals surface area contributed by atoms with Crippen LogP contribution in [0.4, 0.5) is 0 Å². The molecular weight excluding hydrogens is 234 g/mol. The van der Waals surface area contributed by atoms with Crippen molar-refractivity contribution in [2.45, 2.75) is 39.5 Å². The number of rotatable bonds is 4. The summed E-state index contributed by atoms with van der Waals surface area (Å²) in [6, 6.07) is 2.02. The zero-order valence-electron chi connectivity index (χ0n) is 10.4. The maximum Gasteiger partial charge on any atom is 0.284 e. The first kappa shape index (κ1) is 12.6. The average Bonchev–Trinajstić information content (AvgIpc) is 2.71. The number of hydrogen-bond acceptors (Lipinski definition) is 3. The fourth-order valence-corrected chi connectivity index (χ4v) is 3.07. The first-order valence-electron chi connectivity index (χ1n) is 6.20. The van der Waals surface area contributed by atoms with Gasteiger partial charge in [0.05, 0.1) is 11.5 Å². The smallest absolute Gasteiger partial charge is 0.273 e. The molecule has 17 heavy (non-hydrogen) atoms. The molecule has 94 valence electrons. The zero-order valence-corrected chi connectivity index (χ0v) is 11.2. The van der Waals surface area contributed by atoms with Crippen LogP contribution in [0, 0.1) is 5.92 Å². The summed E-state index contributed by atoms with van der Waals surface area (Å²) in [6.07, 6.45) is 4.74. The molecule has 0 aromatic carbocycles. The van der Waals surface area contributed by atoms with Crippen molar-refractivity contribution < 1.29 is 9.63 Å². The molecule has 0 atom stereocenters. The fraction of sp³-hybridized carbons (Fsp3) is 0.615. The molecule has 1 aliphatic carbocycles. The van der Waals surface area contributed by atoms with Crippen LogP contribution >= 0.6 is 11.3 Å². The van der Waals surface area contributed by atoms with Crippen molar-refractivity contribution in [3.63, 3.8) is 0 Å². The minimum Gasteiger partial charge on any atom is -0.273 e. The molecular formula is C13H19NO2S. The molecule has 3 nitrogen and oxygen atoms in total. The highest BCUT2D eigenvalue weighted by Gasteiger charge is 2.17. The Kier molecular flexibility index (Phi) is 4.18. The standard InChI is InChI=1S/C13H19NO2S/c1-9(2)8-16-14-13(15)12-7-10-5-3-4-6-11(10)17-12/h7,9H,3-6,8H2,1-2H3,(H,14,15). The lowest BCUT2D eigenvalue weighted by molar-refractivity contribution is 0.0212. The number of hydroxylamine groups is 1. The van der Waals surface area contributed by atoms with E-state index < -0.39 is 0 Å². The summed E-state index contributed by atoms with van der Waals surface area (Å²) in [7, 11) is 0. The SMILES string of the molecule is CC(C)CONC(=O)c1cc2c(s1)CCCC2. The molecule has 4 heteroatoms. The van der Waals surface area contributed by atoms with Crippen LogP contribution in [0.3, 0.4) is 0 Å². The Morgan fingerprint density at radius 3 is 2.94 bits per heavy atom. The monoisotopic (exact) mass is 253 g/mol. The summed E-state index contributed by atoms with van der Waals surface area (Å²) in [5.41, 5.74) is 3.87. The summed E-state index contributed by atoms with van der Waals surface area (Å²) < 4.78 is 0. The third-order valence-corrected chi connectivity index (χ3v) is 4.04. The highest BCUT2D eigenvalue weighted by molar-refractivity contribution is 7.14. The Morgan fingerprint density at radius 2 is 2.24 bits per heavy atom. The van der Waals surface area contributed by atoms with Gasteiger partial charge in [0.15, 0.2) is 0 Å². The molecule has 1 amide bonds. The molecule has 0 fully saturated rings. The van der Waals surface area contributed by atoms with Crippen LogP contribution in [-0.4, -0.2) is 12.5 Å². The van der Waals surface area contributed by atoms with Gasteiger partial charge in [0.25, 0.3) is 5.91 Å². The summed E-state index contributed by atoms with van der Waals surface area (Å²) in [6.45, 7) is 4.66. The summed E-state index contributed by atoms with van der Waals surface area (Å²) in [5.74, 6) is 0.317. The molecule has 1 aromatic rings. The Balaban J connectivity index is 1.92. The van der Waals surface area contributed by atoms with E-state index in [-0.39, 0.29) is 5.91 Å². The summed E-state index contributed by atoms with van der Waals surface area (Å²) in [4.78, 5) is 19.1. The summed E-state index contributed by atoms with van der Waals surface area (Å²) in [5, 5.41) is 0. The average molecular weight is 253 g/mol. The van der Waals surface area contributed by atoms with Gasteiger partial charge in [-0.2, -0.15) is 0 Å². The minimum atomic E-state index is -0.106. The Labute approximate surface area is 106 Å². The van der Waals surface area contributed by atoms with Crippen molar-refractivity contribution in [1.82, 2.24) is 5.48 Å². The third-order valence-electron chi connectivity index (χ3n) is 2.80. The van der Waals surface area contributed by atoms with E-state index >= 15 is 0 Å². The molecule has 1 N–H and O–H groups in total. The number of nitrogens with one attached hydrogen (secondary N) is 1. The minimum absolute atomic E-state index is 0.106. The molecule has 1 aromatic heterocycles. The van der Waals surface area contributed by atoms with Gasteiger partial charge in [-0.25, -0.2) is 5.48 Å². The van der Waals surface area contributed by atoms with Crippen LogP contribution in [0.15, 0.2) is 6.07 Å². The van der Waals surface area contributed by atoms with Crippen LogP contribution < -0.4 is 5.48 Å². The van der Waals surface area contributed by atoms with Gasteiger partial charge in [-0.15, -0.1) is 11.3 Å². The van der Waals surface area contributed by atoms with Gasteiger partial charge in [0.2, 0.25) is 0 Å². The lowest BCUT2D eigenvalue weighted by Gasteiger charge is -2.08. The topological polar surface area (TPSA) is 38.3 Å². The van der Waals surface area contributed by atoms with E-state index in [0.29, 0.717) is 12.5 Å². The maximum atomic E-state index is 11.8. The maximum absolute atomic E-state index is 11.8. The van der Waals surface area contributed by atoms with E-state index in [2.05, 4.69) is 19.3 Å². The molecule has 0 saturated carbocycles. The van der Waals surface area contributed by atoms with Gasteiger partial charge in [0.1, 0.15) is 0 Å². The van der Waals surface area contributed by atoms with Gasteiger partial charge in [-0.3, -0.25) is 9.63 Å². The molecule has 0 bridgehead atoms. The highest BCUT2D eigenvalue weighted by atomic mass is 32.1. The molecule has 1 heterocycles. The van der Waals surface area contributed by atoms with Crippen LogP contribution in [0.25, 0.3) is 0 Å². The third kappa shape index (κ3) is 3.30. The number of amides is 1. The summed E-state index contributed by atoms with van der Waals surface area (Å²) >= 11 is 1.61. The van der Waals surface area contributed by atoms with Crippen molar-refractivity contribution in [3.8, 4) is 0 Å². The number of carbonyl (C=O) groups excluding carboxylic acids is 1. The van der Waals surface area contributed by atoms with E-state index in [9.17, 15) is 4.79 Å². The molecule has 2 rings (SSSR count). The van der Waals surface area contributed by atoms with E-state index in [0.717, 1.165) is 17.7 Å². The highest BCUT2D eigenvalue weighted by Crippen LogP contribution is 2.29. The van der Waals surface area contributed by atoms with E-state index in [1.54, 1.807) is 11.3 Å². The lowest BCUT2D eigenvalue weighted by atomic mass is 9.99. The van der Waals surface area contributed by atoms with Crippen LogP contribution in [0.5, 0.6) is 0 Å². The van der Waals surface area contributed by atoms with E-state index in [1.807, 2.05) is 6.07 Å². The lowest BCUT2D eigenvalue weighted by Crippen LogP contribution is -2.24. The predicted octanol–water partition coefficient (Wildman–Crippen LogP) is 2.94. The Morgan fingerprint density at radius 1 is 1.47 bits per heavy atom. The first-order chi connectivity index (χ1) is 8.16. The van der Waals surface area contributed by atoms with Crippen molar-refractivity contribution in [2.24, 2.45) is 5.92 Å². The second-order valence-electron chi connectivity index (χ2n) is 4.90. The Hall–Kier alpha value is -0.870. The second kappa shape index (κ2) is 5.65. The number of aryl methyl sites for hydroxylation is 2. The predicted molar refractivity (Wildman–Crippen MR) is 69.2 cm³/mol. The van der Waals surface area contributed by atoms with Crippen LogP contribution in [-0.2, 0) is 17.7 Å². The largest absolute Gasteiger partial charge is 0.284 e. The van der Waals surface area contributed by atoms with Crippen molar-refractivity contribution in [3.05, 3.63) is 21.4 Å². The van der Waals surface area contributed by atoms with Crippen LogP contribution in [0.2, 0.25) is 0 Å². The van der Waals surface area contributed by atoms with Crippen molar-refractivity contribution >= 4 is 17.2 Å². The number of carbonyl (C=O) groups is 1. The van der Waals surface area contributed by atoms with Gasteiger partial charge < -0.3 is 0 Å². The quantitative estimate of drug-likeness (QED) is 0.838. The van der Waals surface area contributed by atoms with Crippen molar-refractivity contribution in [2.75, 3.05) is 6.61 Å². The number of fused-ring (bicyclic) bond motifs is 1. The zero-order chi connectivity index (χ0) is 12.3. The Bertz CT molecular complexity index is 375. The van der Waals surface area contributed by atoms with Gasteiger partial charge in [-0.05, 0) is 43.2 Å². The fourth-order valence-electron chi connectivity index (χ4n) is 1.93. The molecule has 0 aliphatic heterocycles. The van der Waals surface area contributed by atoms with Crippen molar-refractivity contribution in [1.29, 1.82) is 0 Å². The van der Waals surface area contributed by atoms with E-state index in [1.165, 1.54) is 23.3 Å². The van der Waals surface area contributed by atoms with Gasteiger partial charge in [-0.1, -0.05) is 13.8 Å². The molecule has 0 unspecified atom stereocenters. The normalized spacial score (nSPS) is 14.8. The number of hydrogen-bond donors (Lipinski definition) is 1. The van der Waals surface area contributed by atoms with Crippen LogP contribution in [0.1, 0.15) is 46.8 Å². The number of thiophene rings is 1. The first-order valence-corrected chi connectivity index (χ1v) is 7.02. The molecule has 0 radical (unpaired) electrons. The molecule has 1 aliphatic rings. The van der Waals surface area contributed by atoms with Gasteiger partial charge >= 0.3 is 0 Å². The molecule has 0 saturated heterocycles. The molecule has 0 spiro atoms. The van der Waals surface area contributed by atoms with E-state index in [4.69, 9.17) is 4.84 Å². The van der Waals surface area contributed by atoms with Gasteiger partial charge in [0, 0.05) is 4.88 Å².